The second kappa shape index (κ2) is 12.4. The van der Waals surface area contributed by atoms with E-state index in [0.29, 0.717) is 15.3 Å². The number of hydrogen-bond donors (Lipinski definition) is 0. The van der Waals surface area contributed by atoms with E-state index in [4.69, 9.17) is 15.5 Å². The molecule has 19 heavy (non-hydrogen) atoms. The molecule has 0 aromatic rings. The summed E-state index contributed by atoms with van der Waals surface area (Å²) < 4.78 is 5.73. The lowest BCUT2D eigenvalue weighted by atomic mass is 10.1. The van der Waals surface area contributed by atoms with Gasteiger partial charge in [-0.25, -0.2) is 0 Å². The Morgan fingerprint density at radius 3 is 2.32 bits per heavy atom. The maximum Gasteiger partial charge on any atom is 0.229 e. The van der Waals surface area contributed by atoms with E-state index < -0.39 is 7.38 Å². The average molecular weight is 321 g/mol. The van der Waals surface area contributed by atoms with Crippen LogP contribution in [0.4, 0.5) is 0 Å². The van der Waals surface area contributed by atoms with Crippen LogP contribution in [0.25, 0.3) is 0 Å². The Kier molecular flexibility index (Phi) is 12.9. The lowest BCUT2D eigenvalue weighted by molar-refractivity contribution is 0.333. The Morgan fingerprint density at radius 2 is 1.68 bits per heavy atom. The van der Waals surface area contributed by atoms with Crippen molar-refractivity contribution in [3.05, 3.63) is 0 Å². The molecule has 0 spiro atoms. The summed E-state index contributed by atoms with van der Waals surface area (Å²) in [6.07, 6.45) is 9.43. The van der Waals surface area contributed by atoms with Crippen LogP contribution in [0.2, 0.25) is 24.2 Å². The van der Waals surface area contributed by atoms with Crippen LogP contribution in [-0.4, -0.2) is 23.8 Å². The molecule has 114 valence electrons. The van der Waals surface area contributed by atoms with Crippen molar-refractivity contribution in [2.24, 2.45) is 0 Å². The average Bonchev–Trinajstić information content (AvgIpc) is 2.35. The summed E-state index contributed by atoms with van der Waals surface area (Å²) in [6, 6.07) is 2.44. The van der Waals surface area contributed by atoms with Crippen molar-refractivity contribution in [3.63, 3.8) is 0 Å². The quantitative estimate of drug-likeness (QED) is 0.229. The van der Waals surface area contributed by atoms with Gasteiger partial charge in [0.15, 0.2) is 7.38 Å². The Hall–Kier alpha value is 0.684. The molecule has 0 aromatic carbocycles. The lowest BCUT2D eigenvalue weighted by Crippen LogP contribution is -2.26. The molecule has 0 amide bonds. The van der Waals surface area contributed by atoms with Gasteiger partial charge in [0.05, 0.1) is 0 Å². The summed E-state index contributed by atoms with van der Waals surface area (Å²) in [5.74, 6) is 0. The van der Waals surface area contributed by atoms with Gasteiger partial charge in [0.2, 0.25) is 9.76 Å². The molecule has 1 atom stereocenters. The zero-order valence-electron chi connectivity index (χ0n) is 13.4. The van der Waals surface area contributed by atoms with Crippen LogP contribution >= 0.6 is 11.1 Å². The van der Waals surface area contributed by atoms with Crippen molar-refractivity contribution in [1.29, 1.82) is 0 Å². The summed E-state index contributed by atoms with van der Waals surface area (Å²) in [5.41, 5.74) is 0.666. The standard InChI is InChI=1S/C15H33ClOSi2/c1-5-6-7-8-9-10-13-18-17-12-11-14-19(4,16)15(2)3/h15H,5-14H2,1-4H3. The van der Waals surface area contributed by atoms with Crippen LogP contribution in [-0.2, 0) is 4.43 Å². The predicted octanol–water partition coefficient (Wildman–Crippen LogP) is 6.02. The van der Waals surface area contributed by atoms with Gasteiger partial charge in [0, 0.05) is 6.61 Å². The molecule has 0 fully saturated rings. The third-order valence-electron chi connectivity index (χ3n) is 3.85. The largest absolute Gasteiger partial charge is 0.417 e. The van der Waals surface area contributed by atoms with Crippen molar-refractivity contribution in [1.82, 2.24) is 0 Å². The number of rotatable bonds is 13. The number of hydrogen-bond acceptors (Lipinski definition) is 1. The smallest absolute Gasteiger partial charge is 0.229 e. The third-order valence-corrected chi connectivity index (χ3v) is 10.4. The summed E-state index contributed by atoms with van der Waals surface area (Å²) in [7, 11) is -0.775. The van der Waals surface area contributed by atoms with Crippen LogP contribution in [0.15, 0.2) is 0 Å². The Bertz CT molecular complexity index is 199. The molecule has 0 rings (SSSR count). The first-order valence-electron chi connectivity index (χ1n) is 8.04. The molecule has 1 unspecified atom stereocenters. The highest BCUT2D eigenvalue weighted by molar-refractivity contribution is 7.20. The van der Waals surface area contributed by atoms with E-state index in [-0.39, 0.29) is 0 Å². The maximum absolute atomic E-state index is 6.58. The molecule has 2 radical (unpaired) electrons. The van der Waals surface area contributed by atoms with Gasteiger partial charge in [-0.05, 0) is 24.1 Å². The van der Waals surface area contributed by atoms with E-state index in [1.54, 1.807) is 0 Å². The minimum Gasteiger partial charge on any atom is -0.417 e. The predicted molar refractivity (Wildman–Crippen MR) is 91.9 cm³/mol. The summed E-state index contributed by atoms with van der Waals surface area (Å²) in [5, 5.41) is 0. The number of halogens is 1. The molecule has 0 saturated heterocycles. The van der Waals surface area contributed by atoms with E-state index in [1.165, 1.54) is 50.6 Å². The van der Waals surface area contributed by atoms with E-state index in [9.17, 15) is 0 Å². The van der Waals surface area contributed by atoms with Crippen LogP contribution in [0, 0.1) is 0 Å². The number of unbranched alkanes of at least 4 members (excludes halogenated alkanes) is 5. The Morgan fingerprint density at radius 1 is 1.05 bits per heavy atom. The Labute approximate surface area is 129 Å². The van der Waals surface area contributed by atoms with Crippen molar-refractivity contribution in [2.75, 3.05) is 6.61 Å². The molecule has 0 aliphatic rings. The van der Waals surface area contributed by atoms with E-state index in [2.05, 4.69) is 27.3 Å². The molecule has 0 heterocycles. The fraction of sp³-hybridized carbons (Fsp3) is 1.00. The Balaban J connectivity index is 3.19. The normalized spacial score (nSPS) is 14.8. The van der Waals surface area contributed by atoms with Gasteiger partial charge in [0.25, 0.3) is 0 Å². The SMILES string of the molecule is CCCCCCCC[Si]OCCC[Si](C)(Cl)C(C)C. The van der Waals surface area contributed by atoms with Crippen molar-refractivity contribution < 1.29 is 4.43 Å². The zero-order chi connectivity index (χ0) is 14.6. The maximum atomic E-state index is 6.58. The van der Waals surface area contributed by atoms with E-state index in [1.807, 2.05) is 0 Å². The molecule has 0 bridgehead atoms. The monoisotopic (exact) mass is 320 g/mol. The summed E-state index contributed by atoms with van der Waals surface area (Å²) in [4.78, 5) is 0. The molecule has 4 heteroatoms. The van der Waals surface area contributed by atoms with E-state index >= 15 is 0 Å². The van der Waals surface area contributed by atoms with Crippen LogP contribution in [0.5, 0.6) is 0 Å². The molecule has 0 aliphatic carbocycles. The molecular formula is C15H33ClOSi2. The minimum atomic E-state index is -1.48. The lowest BCUT2D eigenvalue weighted by Gasteiger charge is -2.23. The molecule has 0 saturated carbocycles. The van der Waals surface area contributed by atoms with Gasteiger partial charge in [0.1, 0.15) is 0 Å². The molecular weight excluding hydrogens is 288 g/mol. The van der Waals surface area contributed by atoms with Gasteiger partial charge in [-0.1, -0.05) is 65.8 Å². The third kappa shape index (κ3) is 12.2. The van der Waals surface area contributed by atoms with Gasteiger partial charge < -0.3 is 4.43 Å². The van der Waals surface area contributed by atoms with Crippen molar-refractivity contribution in [2.45, 2.75) is 89.9 Å². The van der Waals surface area contributed by atoms with Crippen LogP contribution in [0.3, 0.4) is 0 Å². The highest BCUT2D eigenvalue weighted by atomic mass is 35.6. The summed E-state index contributed by atoms with van der Waals surface area (Å²) in [6.45, 7) is 9.96. The second-order valence-electron chi connectivity index (χ2n) is 6.05. The van der Waals surface area contributed by atoms with Crippen molar-refractivity contribution in [3.8, 4) is 0 Å². The fourth-order valence-corrected chi connectivity index (χ4v) is 4.54. The van der Waals surface area contributed by atoms with Gasteiger partial charge in [-0.2, -0.15) is 11.1 Å². The second-order valence-corrected chi connectivity index (χ2v) is 13.9. The first kappa shape index (κ1) is 19.7. The van der Waals surface area contributed by atoms with Crippen molar-refractivity contribution >= 4 is 28.2 Å². The molecule has 0 aliphatic heterocycles. The van der Waals surface area contributed by atoms with Gasteiger partial charge in [-0.3, -0.25) is 0 Å². The molecule has 0 N–H and O–H groups in total. The van der Waals surface area contributed by atoms with Gasteiger partial charge >= 0.3 is 0 Å². The van der Waals surface area contributed by atoms with Gasteiger partial charge in [-0.15, -0.1) is 0 Å². The minimum absolute atomic E-state index is 0.666. The first-order chi connectivity index (χ1) is 9.00. The summed E-state index contributed by atoms with van der Waals surface area (Å²) >= 11 is 6.58. The highest BCUT2D eigenvalue weighted by Gasteiger charge is 2.27. The zero-order valence-corrected chi connectivity index (χ0v) is 16.2. The first-order valence-corrected chi connectivity index (χ1v) is 13.0. The molecule has 1 nitrogen and oxygen atoms in total. The topological polar surface area (TPSA) is 9.23 Å². The fourth-order valence-electron chi connectivity index (χ4n) is 1.90. The van der Waals surface area contributed by atoms with Crippen LogP contribution < -0.4 is 0 Å². The van der Waals surface area contributed by atoms with Crippen LogP contribution in [0.1, 0.15) is 65.7 Å². The molecule has 0 aromatic heterocycles. The van der Waals surface area contributed by atoms with E-state index in [0.717, 1.165) is 13.0 Å². The highest BCUT2D eigenvalue weighted by Crippen LogP contribution is 2.29.